The van der Waals surface area contributed by atoms with Crippen molar-refractivity contribution in [2.24, 2.45) is 0 Å². The van der Waals surface area contributed by atoms with Crippen LogP contribution in [0.4, 0.5) is 0 Å². The Morgan fingerprint density at radius 2 is 1.88 bits per heavy atom. The maximum Gasteiger partial charge on any atom is 0.243 e. The third kappa shape index (κ3) is 4.83. The molecule has 0 spiro atoms. The van der Waals surface area contributed by atoms with Gasteiger partial charge in [0, 0.05) is 6.54 Å². The van der Waals surface area contributed by atoms with E-state index < -0.39 is 10.0 Å². The van der Waals surface area contributed by atoms with Crippen LogP contribution in [0.2, 0.25) is 10.3 Å². The predicted molar refractivity (Wildman–Crippen MR) is 95.5 cm³/mol. The largest absolute Gasteiger partial charge is 0.492 e. The van der Waals surface area contributed by atoms with Crippen molar-refractivity contribution in [2.75, 3.05) is 13.2 Å². The van der Waals surface area contributed by atoms with Crippen LogP contribution in [0, 0.1) is 0 Å². The molecular weight excluding hydrogens is 371 g/mol. The summed E-state index contributed by atoms with van der Waals surface area (Å²) in [6.45, 7) is 4.44. The second kappa shape index (κ2) is 8.16. The number of nitrogens with zero attached hydrogens (tertiary/aromatic N) is 1. The molecule has 0 saturated carbocycles. The highest BCUT2D eigenvalue weighted by Crippen LogP contribution is 2.25. The molecule has 1 heterocycles. The van der Waals surface area contributed by atoms with Gasteiger partial charge in [0.1, 0.15) is 22.4 Å². The predicted octanol–water partition coefficient (Wildman–Crippen LogP) is 3.87. The number of para-hydroxylation sites is 1. The van der Waals surface area contributed by atoms with Crippen LogP contribution in [0.25, 0.3) is 0 Å². The SMILES string of the molecule is CC(C)c1ccccc1OCCNS(=O)(=O)c1ccc(Cl)nc1Cl. The van der Waals surface area contributed by atoms with Gasteiger partial charge < -0.3 is 4.74 Å². The van der Waals surface area contributed by atoms with E-state index in [0.717, 1.165) is 11.3 Å². The first kappa shape index (κ1) is 19.0. The third-order valence-corrected chi connectivity index (χ3v) is 5.37. The number of halogens is 2. The van der Waals surface area contributed by atoms with Crippen LogP contribution in [0.3, 0.4) is 0 Å². The molecule has 0 amide bonds. The van der Waals surface area contributed by atoms with Crippen LogP contribution in [0.5, 0.6) is 5.75 Å². The first-order chi connectivity index (χ1) is 11.3. The minimum absolute atomic E-state index is 0.105. The van der Waals surface area contributed by atoms with Gasteiger partial charge in [0.2, 0.25) is 10.0 Å². The number of benzene rings is 1. The first-order valence-electron chi connectivity index (χ1n) is 7.34. The fraction of sp³-hybridized carbons (Fsp3) is 0.312. The normalized spacial score (nSPS) is 11.7. The van der Waals surface area contributed by atoms with Gasteiger partial charge in [0.25, 0.3) is 0 Å². The Labute approximate surface area is 152 Å². The Balaban J connectivity index is 1.97. The van der Waals surface area contributed by atoms with Crippen LogP contribution in [0.1, 0.15) is 25.3 Å². The number of hydrogen-bond donors (Lipinski definition) is 1. The zero-order valence-corrected chi connectivity index (χ0v) is 15.6. The quantitative estimate of drug-likeness (QED) is 0.577. The van der Waals surface area contributed by atoms with Gasteiger partial charge >= 0.3 is 0 Å². The van der Waals surface area contributed by atoms with E-state index in [-0.39, 0.29) is 28.4 Å². The monoisotopic (exact) mass is 388 g/mol. The van der Waals surface area contributed by atoms with Crippen molar-refractivity contribution in [1.82, 2.24) is 9.71 Å². The number of sulfonamides is 1. The first-order valence-corrected chi connectivity index (χ1v) is 9.58. The molecule has 1 N–H and O–H groups in total. The highest BCUT2D eigenvalue weighted by atomic mass is 35.5. The highest BCUT2D eigenvalue weighted by molar-refractivity contribution is 7.89. The summed E-state index contributed by atoms with van der Waals surface area (Å²) in [5.74, 6) is 1.06. The number of nitrogens with one attached hydrogen (secondary N) is 1. The molecule has 2 rings (SSSR count). The van der Waals surface area contributed by atoms with Crippen LogP contribution < -0.4 is 9.46 Å². The van der Waals surface area contributed by atoms with Crippen LogP contribution in [-0.4, -0.2) is 26.6 Å². The van der Waals surface area contributed by atoms with Crippen molar-refractivity contribution in [1.29, 1.82) is 0 Å². The van der Waals surface area contributed by atoms with Gasteiger partial charge in [-0.3, -0.25) is 0 Å². The molecule has 0 aliphatic heterocycles. The zero-order chi connectivity index (χ0) is 17.7. The van der Waals surface area contributed by atoms with Gasteiger partial charge in [-0.2, -0.15) is 0 Å². The Hall–Kier alpha value is -1.34. The Bertz CT molecular complexity index is 811. The summed E-state index contributed by atoms with van der Waals surface area (Å²) in [7, 11) is -3.77. The average molecular weight is 389 g/mol. The standard InChI is InChI=1S/C16H18Cl2N2O3S/c1-11(2)12-5-3-4-6-13(12)23-10-9-19-24(21,22)14-7-8-15(17)20-16(14)18/h3-8,11,19H,9-10H2,1-2H3. The van der Waals surface area contributed by atoms with Gasteiger partial charge in [-0.05, 0) is 29.7 Å². The fourth-order valence-electron chi connectivity index (χ4n) is 2.10. The number of pyridine rings is 1. The maximum atomic E-state index is 12.2. The summed E-state index contributed by atoms with van der Waals surface area (Å²) in [4.78, 5) is 3.61. The lowest BCUT2D eigenvalue weighted by atomic mass is 10.0. The van der Waals surface area contributed by atoms with Gasteiger partial charge in [-0.15, -0.1) is 0 Å². The van der Waals surface area contributed by atoms with Crippen molar-refractivity contribution in [3.63, 3.8) is 0 Å². The summed E-state index contributed by atoms with van der Waals surface area (Å²) in [6.07, 6.45) is 0. The van der Waals surface area contributed by atoms with E-state index >= 15 is 0 Å². The fourth-order valence-corrected chi connectivity index (χ4v) is 3.78. The lowest BCUT2D eigenvalue weighted by molar-refractivity contribution is 0.318. The molecule has 0 fully saturated rings. The van der Waals surface area contributed by atoms with Crippen molar-refractivity contribution >= 4 is 33.2 Å². The van der Waals surface area contributed by atoms with E-state index in [2.05, 4.69) is 23.6 Å². The second-order valence-electron chi connectivity index (χ2n) is 5.36. The smallest absolute Gasteiger partial charge is 0.243 e. The number of rotatable bonds is 7. The second-order valence-corrected chi connectivity index (χ2v) is 7.84. The molecule has 0 unspecified atom stereocenters. The molecule has 0 atom stereocenters. The molecule has 0 aliphatic rings. The summed E-state index contributed by atoms with van der Waals surface area (Å²) in [5, 5.41) is -0.0337. The van der Waals surface area contributed by atoms with E-state index in [1.165, 1.54) is 12.1 Å². The minimum atomic E-state index is -3.77. The molecule has 0 saturated heterocycles. The van der Waals surface area contributed by atoms with Gasteiger partial charge in [-0.25, -0.2) is 18.1 Å². The molecule has 2 aromatic rings. The van der Waals surface area contributed by atoms with Crippen LogP contribution in [-0.2, 0) is 10.0 Å². The molecule has 5 nitrogen and oxygen atoms in total. The average Bonchev–Trinajstić information content (AvgIpc) is 2.51. The zero-order valence-electron chi connectivity index (χ0n) is 13.3. The van der Waals surface area contributed by atoms with Gasteiger partial charge in [0.05, 0.1) is 0 Å². The summed E-state index contributed by atoms with van der Waals surface area (Å²) < 4.78 is 32.5. The molecule has 8 heteroatoms. The third-order valence-electron chi connectivity index (χ3n) is 3.26. The molecular formula is C16H18Cl2N2O3S. The molecule has 0 aliphatic carbocycles. The molecule has 130 valence electrons. The molecule has 1 aromatic heterocycles. The lowest BCUT2D eigenvalue weighted by Crippen LogP contribution is -2.28. The van der Waals surface area contributed by atoms with E-state index in [0.29, 0.717) is 5.92 Å². The molecule has 0 bridgehead atoms. The topological polar surface area (TPSA) is 68.3 Å². The van der Waals surface area contributed by atoms with Gasteiger partial charge in [-0.1, -0.05) is 55.2 Å². The van der Waals surface area contributed by atoms with Crippen molar-refractivity contribution < 1.29 is 13.2 Å². The Morgan fingerprint density at radius 3 is 2.54 bits per heavy atom. The van der Waals surface area contributed by atoms with Gasteiger partial charge in [0.15, 0.2) is 5.15 Å². The lowest BCUT2D eigenvalue weighted by Gasteiger charge is -2.14. The van der Waals surface area contributed by atoms with Crippen LogP contribution in [0.15, 0.2) is 41.3 Å². The van der Waals surface area contributed by atoms with E-state index in [1.807, 2.05) is 24.3 Å². The van der Waals surface area contributed by atoms with Crippen molar-refractivity contribution in [2.45, 2.75) is 24.7 Å². The number of aromatic nitrogens is 1. The number of hydrogen-bond acceptors (Lipinski definition) is 4. The summed E-state index contributed by atoms with van der Waals surface area (Å²) in [6, 6.07) is 10.4. The number of ether oxygens (including phenoxy) is 1. The Kier molecular flexibility index (Phi) is 6.46. The summed E-state index contributed by atoms with van der Waals surface area (Å²) >= 11 is 11.5. The molecule has 1 aromatic carbocycles. The van der Waals surface area contributed by atoms with Crippen molar-refractivity contribution in [3.8, 4) is 5.75 Å². The molecule has 24 heavy (non-hydrogen) atoms. The van der Waals surface area contributed by atoms with E-state index in [1.54, 1.807) is 0 Å². The van der Waals surface area contributed by atoms with Crippen LogP contribution >= 0.6 is 23.2 Å². The Morgan fingerprint density at radius 1 is 1.17 bits per heavy atom. The van der Waals surface area contributed by atoms with E-state index in [9.17, 15) is 8.42 Å². The highest BCUT2D eigenvalue weighted by Gasteiger charge is 2.18. The van der Waals surface area contributed by atoms with Crippen molar-refractivity contribution in [3.05, 3.63) is 52.3 Å². The molecule has 0 radical (unpaired) electrons. The minimum Gasteiger partial charge on any atom is -0.492 e. The van der Waals surface area contributed by atoms with E-state index in [4.69, 9.17) is 27.9 Å². The maximum absolute atomic E-state index is 12.2. The summed E-state index contributed by atoms with van der Waals surface area (Å²) in [5.41, 5.74) is 1.07.